The van der Waals surface area contributed by atoms with Gasteiger partial charge in [-0.25, -0.2) is 4.98 Å². The first-order valence-electron chi connectivity index (χ1n) is 5.99. The van der Waals surface area contributed by atoms with Crippen molar-refractivity contribution < 1.29 is 0 Å². The van der Waals surface area contributed by atoms with Crippen LogP contribution in [0, 0.1) is 13.8 Å². The van der Waals surface area contributed by atoms with Gasteiger partial charge < -0.3 is 10.3 Å². The van der Waals surface area contributed by atoms with E-state index in [2.05, 4.69) is 18.0 Å². The standard InChI is InChI=1S/C14H18ClN3/c1-9-4-5-11(6-12(9)15)7-13-10(2)18(3)14(8-16)17-13/h4-6H,7-8,16H2,1-3H3. The van der Waals surface area contributed by atoms with Crippen molar-refractivity contribution >= 4 is 11.6 Å². The van der Waals surface area contributed by atoms with E-state index in [9.17, 15) is 0 Å². The lowest BCUT2D eigenvalue weighted by Gasteiger charge is -2.04. The largest absolute Gasteiger partial charge is 0.334 e. The van der Waals surface area contributed by atoms with E-state index in [0.717, 1.165) is 34.2 Å². The van der Waals surface area contributed by atoms with Gasteiger partial charge in [0.25, 0.3) is 0 Å². The van der Waals surface area contributed by atoms with Crippen molar-refractivity contribution in [1.82, 2.24) is 9.55 Å². The Balaban J connectivity index is 2.31. The van der Waals surface area contributed by atoms with E-state index in [4.69, 9.17) is 17.3 Å². The highest BCUT2D eigenvalue weighted by Gasteiger charge is 2.10. The molecule has 0 atom stereocenters. The summed E-state index contributed by atoms with van der Waals surface area (Å²) in [6.45, 7) is 4.54. The van der Waals surface area contributed by atoms with Crippen LogP contribution in [0.5, 0.6) is 0 Å². The predicted octanol–water partition coefficient (Wildman–Crippen LogP) is 2.74. The SMILES string of the molecule is Cc1ccc(Cc2nc(CN)n(C)c2C)cc1Cl. The topological polar surface area (TPSA) is 43.8 Å². The highest BCUT2D eigenvalue weighted by atomic mass is 35.5. The fourth-order valence-electron chi connectivity index (χ4n) is 1.99. The van der Waals surface area contributed by atoms with Crippen LogP contribution in [0.25, 0.3) is 0 Å². The lowest BCUT2D eigenvalue weighted by atomic mass is 10.1. The van der Waals surface area contributed by atoms with Crippen LogP contribution in [-0.2, 0) is 20.0 Å². The number of nitrogens with zero attached hydrogens (tertiary/aromatic N) is 2. The summed E-state index contributed by atoms with van der Waals surface area (Å²) in [5.74, 6) is 0.917. The Morgan fingerprint density at radius 2 is 2.06 bits per heavy atom. The van der Waals surface area contributed by atoms with Crippen LogP contribution in [-0.4, -0.2) is 9.55 Å². The van der Waals surface area contributed by atoms with Crippen molar-refractivity contribution in [1.29, 1.82) is 0 Å². The van der Waals surface area contributed by atoms with E-state index in [-0.39, 0.29) is 0 Å². The minimum atomic E-state index is 0.464. The molecule has 0 unspecified atom stereocenters. The number of rotatable bonds is 3. The summed E-state index contributed by atoms with van der Waals surface area (Å²) in [6.07, 6.45) is 0.791. The Kier molecular flexibility index (Phi) is 3.73. The summed E-state index contributed by atoms with van der Waals surface area (Å²) in [6, 6.07) is 6.14. The molecule has 0 spiro atoms. The van der Waals surface area contributed by atoms with Crippen molar-refractivity contribution in [3.63, 3.8) is 0 Å². The van der Waals surface area contributed by atoms with Crippen molar-refractivity contribution in [3.05, 3.63) is 51.6 Å². The Morgan fingerprint density at radius 1 is 1.33 bits per heavy atom. The third-order valence-corrected chi connectivity index (χ3v) is 3.77. The molecule has 0 aliphatic rings. The molecule has 3 nitrogen and oxygen atoms in total. The van der Waals surface area contributed by atoms with Gasteiger partial charge in [-0.2, -0.15) is 0 Å². The Morgan fingerprint density at radius 3 is 2.61 bits per heavy atom. The molecular formula is C14H18ClN3. The first kappa shape index (κ1) is 13.1. The Labute approximate surface area is 113 Å². The molecular weight excluding hydrogens is 246 g/mol. The molecule has 0 amide bonds. The molecule has 0 radical (unpaired) electrons. The van der Waals surface area contributed by atoms with Gasteiger partial charge in [0.1, 0.15) is 5.82 Å². The van der Waals surface area contributed by atoms with Crippen molar-refractivity contribution in [3.8, 4) is 0 Å². The minimum absolute atomic E-state index is 0.464. The van der Waals surface area contributed by atoms with Crippen LogP contribution in [0.4, 0.5) is 0 Å². The monoisotopic (exact) mass is 263 g/mol. The summed E-state index contributed by atoms with van der Waals surface area (Å²) in [5.41, 5.74) is 10.2. The van der Waals surface area contributed by atoms with E-state index in [1.54, 1.807) is 0 Å². The second kappa shape index (κ2) is 5.12. The fraction of sp³-hybridized carbons (Fsp3) is 0.357. The third-order valence-electron chi connectivity index (χ3n) is 3.36. The van der Waals surface area contributed by atoms with Gasteiger partial charge >= 0.3 is 0 Å². The van der Waals surface area contributed by atoms with E-state index in [0.29, 0.717) is 6.54 Å². The first-order chi connectivity index (χ1) is 8.52. The average Bonchev–Trinajstić information content (AvgIpc) is 2.62. The summed E-state index contributed by atoms with van der Waals surface area (Å²) in [5, 5.41) is 0.806. The highest BCUT2D eigenvalue weighted by molar-refractivity contribution is 6.31. The molecule has 2 aromatic rings. The molecule has 4 heteroatoms. The molecule has 0 fully saturated rings. The van der Waals surface area contributed by atoms with Gasteiger partial charge in [-0.05, 0) is 31.0 Å². The number of aromatic nitrogens is 2. The number of hydrogen-bond donors (Lipinski definition) is 1. The van der Waals surface area contributed by atoms with Crippen LogP contribution in [0.3, 0.4) is 0 Å². The molecule has 0 aliphatic carbocycles. The van der Waals surface area contributed by atoms with E-state index < -0.39 is 0 Å². The van der Waals surface area contributed by atoms with Crippen molar-refractivity contribution in [2.75, 3.05) is 0 Å². The zero-order valence-corrected chi connectivity index (χ0v) is 11.8. The minimum Gasteiger partial charge on any atom is -0.334 e. The van der Waals surface area contributed by atoms with Gasteiger partial charge in [0.15, 0.2) is 0 Å². The average molecular weight is 264 g/mol. The van der Waals surface area contributed by atoms with Crippen LogP contribution in [0.1, 0.15) is 28.3 Å². The van der Waals surface area contributed by atoms with Crippen LogP contribution in [0.2, 0.25) is 5.02 Å². The molecule has 2 N–H and O–H groups in total. The van der Waals surface area contributed by atoms with E-state index in [1.165, 1.54) is 5.56 Å². The molecule has 2 rings (SSSR count). The number of aryl methyl sites for hydroxylation is 1. The maximum atomic E-state index is 6.14. The smallest absolute Gasteiger partial charge is 0.122 e. The van der Waals surface area contributed by atoms with Gasteiger partial charge in [0.2, 0.25) is 0 Å². The predicted molar refractivity (Wildman–Crippen MR) is 74.8 cm³/mol. The molecule has 96 valence electrons. The summed E-state index contributed by atoms with van der Waals surface area (Å²) >= 11 is 6.14. The van der Waals surface area contributed by atoms with Gasteiger partial charge in [0.05, 0.1) is 12.2 Å². The van der Waals surface area contributed by atoms with Gasteiger partial charge in [-0.15, -0.1) is 0 Å². The normalized spacial score (nSPS) is 10.9. The number of nitrogens with two attached hydrogens (primary N) is 1. The molecule has 1 heterocycles. The lowest BCUT2D eigenvalue weighted by molar-refractivity contribution is 0.774. The van der Waals surface area contributed by atoms with Crippen LogP contribution < -0.4 is 5.73 Å². The molecule has 0 aliphatic heterocycles. The lowest BCUT2D eigenvalue weighted by Crippen LogP contribution is -2.05. The Bertz CT molecular complexity index is 573. The summed E-state index contributed by atoms with van der Waals surface area (Å²) < 4.78 is 2.05. The third kappa shape index (κ3) is 2.42. The van der Waals surface area contributed by atoms with Crippen LogP contribution in [0.15, 0.2) is 18.2 Å². The van der Waals surface area contributed by atoms with Crippen molar-refractivity contribution in [2.24, 2.45) is 12.8 Å². The number of benzene rings is 1. The first-order valence-corrected chi connectivity index (χ1v) is 6.37. The maximum Gasteiger partial charge on any atom is 0.122 e. The fourth-order valence-corrected chi connectivity index (χ4v) is 2.19. The molecule has 0 saturated heterocycles. The van der Waals surface area contributed by atoms with Crippen molar-refractivity contribution in [2.45, 2.75) is 26.8 Å². The molecule has 0 bridgehead atoms. The van der Waals surface area contributed by atoms with E-state index >= 15 is 0 Å². The zero-order valence-electron chi connectivity index (χ0n) is 11.0. The maximum absolute atomic E-state index is 6.14. The summed E-state index contributed by atoms with van der Waals surface area (Å²) in [7, 11) is 2.00. The number of halogens is 1. The van der Waals surface area contributed by atoms with Gasteiger partial charge in [-0.3, -0.25) is 0 Å². The second-order valence-corrected chi connectivity index (χ2v) is 4.99. The molecule has 0 saturated carbocycles. The van der Waals surface area contributed by atoms with Gasteiger partial charge in [0, 0.05) is 24.2 Å². The molecule has 18 heavy (non-hydrogen) atoms. The molecule has 1 aromatic carbocycles. The molecule has 1 aromatic heterocycles. The Hall–Kier alpha value is -1.32. The highest BCUT2D eigenvalue weighted by Crippen LogP contribution is 2.20. The second-order valence-electron chi connectivity index (χ2n) is 4.58. The van der Waals surface area contributed by atoms with Gasteiger partial charge in [-0.1, -0.05) is 23.7 Å². The quantitative estimate of drug-likeness (QED) is 0.925. The summed E-state index contributed by atoms with van der Waals surface area (Å²) in [4.78, 5) is 4.57. The van der Waals surface area contributed by atoms with Crippen LogP contribution >= 0.6 is 11.6 Å². The van der Waals surface area contributed by atoms with E-state index in [1.807, 2.05) is 30.7 Å². The number of hydrogen-bond acceptors (Lipinski definition) is 2. The number of imidazole rings is 1. The zero-order chi connectivity index (χ0) is 13.3.